The zero-order valence-electron chi connectivity index (χ0n) is 15.6. The van der Waals surface area contributed by atoms with Gasteiger partial charge in [-0.05, 0) is 54.9 Å². The van der Waals surface area contributed by atoms with Crippen molar-refractivity contribution < 1.29 is 22.2 Å². The van der Waals surface area contributed by atoms with Crippen molar-refractivity contribution in [3.8, 4) is 11.8 Å². The van der Waals surface area contributed by atoms with Crippen LogP contribution < -0.4 is 4.74 Å². The van der Waals surface area contributed by atoms with E-state index in [1.807, 2.05) is 6.07 Å². The van der Waals surface area contributed by atoms with Gasteiger partial charge < -0.3 is 4.74 Å². The fourth-order valence-electron chi connectivity index (χ4n) is 7.08. The van der Waals surface area contributed by atoms with E-state index in [0.29, 0.717) is 23.7 Å². The van der Waals surface area contributed by atoms with E-state index in [2.05, 4.69) is 12.1 Å². The van der Waals surface area contributed by atoms with Crippen molar-refractivity contribution in [1.82, 2.24) is 0 Å². The Balaban J connectivity index is 1.35. The van der Waals surface area contributed by atoms with Gasteiger partial charge in [0.05, 0.1) is 12.5 Å². The van der Waals surface area contributed by atoms with Crippen molar-refractivity contribution in [3.05, 3.63) is 29.8 Å². The molecule has 0 aromatic heterocycles. The van der Waals surface area contributed by atoms with Crippen molar-refractivity contribution in [2.24, 2.45) is 33.2 Å². The maximum atomic E-state index is 12.6. The molecule has 0 aliphatic heterocycles. The molecule has 0 saturated heterocycles. The molecule has 1 aromatic carbocycles. The highest BCUT2D eigenvalue weighted by molar-refractivity contribution is 7.86. The molecule has 8 heteroatoms. The first-order valence-electron chi connectivity index (χ1n) is 9.31. The number of carbonyl (C=O) groups excluding carboxylic acids is 1. The van der Waals surface area contributed by atoms with Gasteiger partial charge in [0.25, 0.3) is 0 Å². The fraction of sp³-hybridized carbons (Fsp3) is 0.550. The second-order valence-corrected chi connectivity index (χ2v) is 10.3. The molecular formula is C20H20N2O5S. The summed E-state index contributed by atoms with van der Waals surface area (Å²) in [6.07, 6.45) is 2.61. The summed E-state index contributed by atoms with van der Waals surface area (Å²) in [4.78, 5) is 12.6. The number of oxime groups is 1. The maximum absolute atomic E-state index is 12.6. The van der Waals surface area contributed by atoms with Gasteiger partial charge in [-0.1, -0.05) is 12.1 Å². The Morgan fingerprint density at radius 2 is 2.00 bits per heavy atom. The third-order valence-corrected chi connectivity index (χ3v) is 9.00. The molecule has 5 unspecified atom stereocenters. The minimum atomic E-state index is -4.08. The number of benzene rings is 1. The van der Waals surface area contributed by atoms with Crippen LogP contribution in [0.1, 0.15) is 31.7 Å². The van der Waals surface area contributed by atoms with Gasteiger partial charge in [0, 0.05) is 16.9 Å². The molecule has 0 amide bonds. The fourth-order valence-corrected chi connectivity index (χ4v) is 8.43. The average Bonchev–Trinajstić information content (AvgIpc) is 2.64. The van der Waals surface area contributed by atoms with Crippen LogP contribution in [0.2, 0.25) is 0 Å². The third kappa shape index (κ3) is 1.77. The lowest BCUT2D eigenvalue weighted by Gasteiger charge is -2.93. The van der Waals surface area contributed by atoms with Gasteiger partial charge in [-0.15, -0.1) is 0 Å². The molecule has 0 heterocycles. The molecule has 5 rings (SSSR count). The predicted molar refractivity (Wildman–Crippen MR) is 98.8 cm³/mol. The van der Waals surface area contributed by atoms with E-state index in [4.69, 9.17) is 9.02 Å². The number of Topliss-reactive ketones (excluding diaryl/α,β-unsaturated/α-hetero) is 1. The van der Waals surface area contributed by atoms with Crippen LogP contribution in [0.25, 0.3) is 0 Å². The second-order valence-electron chi connectivity index (χ2n) is 8.79. The maximum Gasteiger partial charge on any atom is 0.329 e. The standard InChI is InChI=1S/C20H20N2O5S/c1-18-7-13-8-19(17(23)15(9-18)20(13,18)19)11-28(24,25)27-22-16(10-21)12-3-5-14(26-2)6-4-12/h3-6,13,15H,7-9,11H2,1-2H3/b22-16+. The van der Waals surface area contributed by atoms with Crippen LogP contribution in [0.5, 0.6) is 5.75 Å². The molecule has 7 nitrogen and oxygen atoms in total. The molecule has 146 valence electrons. The van der Waals surface area contributed by atoms with Crippen molar-refractivity contribution in [3.63, 3.8) is 0 Å². The van der Waals surface area contributed by atoms with Crippen molar-refractivity contribution in [2.75, 3.05) is 12.9 Å². The lowest BCUT2D eigenvalue weighted by atomic mass is 9.09. The van der Waals surface area contributed by atoms with Crippen LogP contribution in [0, 0.1) is 39.4 Å². The van der Waals surface area contributed by atoms with Crippen LogP contribution in [-0.4, -0.2) is 32.8 Å². The first-order chi connectivity index (χ1) is 13.2. The molecule has 28 heavy (non-hydrogen) atoms. The van der Waals surface area contributed by atoms with Crippen LogP contribution in [0.3, 0.4) is 0 Å². The summed E-state index contributed by atoms with van der Waals surface area (Å²) in [6, 6.07) is 8.33. The van der Waals surface area contributed by atoms with Gasteiger partial charge in [-0.2, -0.15) is 13.7 Å². The van der Waals surface area contributed by atoms with Crippen molar-refractivity contribution >= 4 is 21.6 Å². The minimum Gasteiger partial charge on any atom is -0.497 e. The van der Waals surface area contributed by atoms with Gasteiger partial charge in [-0.3, -0.25) is 9.08 Å². The van der Waals surface area contributed by atoms with E-state index in [0.717, 1.165) is 12.8 Å². The van der Waals surface area contributed by atoms with Gasteiger partial charge in [-0.25, -0.2) is 0 Å². The zero-order valence-corrected chi connectivity index (χ0v) is 16.5. The molecule has 0 N–H and O–H groups in total. The van der Waals surface area contributed by atoms with Crippen molar-refractivity contribution in [1.29, 1.82) is 5.26 Å². The Morgan fingerprint density at radius 3 is 2.57 bits per heavy atom. The molecular weight excluding hydrogens is 380 g/mol. The summed E-state index contributed by atoms with van der Waals surface area (Å²) in [5.74, 6) is 0.855. The van der Waals surface area contributed by atoms with Crippen LogP contribution >= 0.6 is 0 Å². The van der Waals surface area contributed by atoms with Gasteiger partial charge in [0.15, 0.2) is 5.71 Å². The molecule has 1 spiro atoms. The normalized spacial score (nSPS) is 39.8. The average molecular weight is 400 g/mol. The predicted octanol–water partition coefficient (Wildman–Crippen LogP) is 2.27. The van der Waals surface area contributed by atoms with E-state index in [-0.39, 0.29) is 34.0 Å². The van der Waals surface area contributed by atoms with Crippen molar-refractivity contribution in [2.45, 2.75) is 26.2 Å². The number of carbonyl (C=O) groups is 1. The molecule has 0 radical (unpaired) electrons. The topological polar surface area (TPSA) is 106 Å². The Labute approximate surface area is 163 Å². The molecule has 0 bridgehead atoms. The zero-order chi connectivity index (χ0) is 19.9. The summed E-state index contributed by atoms with van der Waals surface area (Å²) in [5, 5.41) is 12.9. The third-order valence-electron chi connectivity index (χ3n) is 7.85. The lowest BCUT2D eigenvalue weighted by Crippen LogP contribution is -2.94. The first-order valence-corrected chi connectivity index (χ1v) is 10.9. The number of rotatable bonds is 6. The van der Waals surface area contributed by atoms with E-state index in [1.165, 1.54) is 7.11 Å². The molecule has 4 aliphatic carbocycles. The largest absolute Gasteiger partial charge is 0.497 e. The monoisotopic (exact) mass is 400 g/mol. The summed E-state index contributed by atoms with van der Waals surface area (Å²) < 4.78 is 35.1. The van der Waals surface area contributed by atoms with Gasteiger partial charge in [0.2, 0.25) is 0 Å². The molecule has 4 saturated carbocycles. The highest BCUT2D eigenvalue weighted by atomic mass is 32.2. The number of ketones is 1. The first kappa shape index (κ1) is 17.7. The number of hydrogen-bond donors (Lipinski definition) is 0. The summed E-state index contributed by atoms with van der Waals surface area (Å²) >= 11 is 0. The van der Waals surface area contributed by atoms with Gasteiger partial charge >= 0.3 is 10.1 Å². The Morgan fingerprint density at radius 1 is 1.29 bits per heavy atom. The molecule has 4 aliphatic rings. The quantitative estimate of drug-likeness (QED) is 0.536. The highest BCUT2D eigenvalue weighted by Crippen LogP contribution is 2.95. The smallest absolute Gasteiger partial charge is 0.329 e. The SMILES string of the molecule is COc1ccc(/C(C#N)=N/OS(=O)(=O)CC23CC4CC5(C)CC(C2=O)C453)cc1. The molecule has 5 atom stereocenters. The van der Waals surface area contributed by atoms with Crippen LogP contribution in [0.15, 0.2) is 29.4 Å². The van der Waals surface area contributed by atoms with E-state index < -0.39 is 15.5 Å². The number of ether oxygens (including phenoxy) is 1. The second kappa shape index (κ2) is 5.15. The molecule has 1 aromatic rings. The molecule has 4 fully saturated rings. The van der Waals surface area contributed by atoms with Crippen LogP contribution in [-0.2, 0) is 19.2 Å². The minimum absolute atomic E-state index is 0.0395. The summed E-state index contributed by atoms with van der Waals surface area (Å²) in [7, 11) is -2.56. The summed E-state index contributed by atoms with van der Waals surface area (Å²) in [5.41, 5.74) is -0.540. The van der Waals surface area contributed by atoms with E-state index in [1.54, 1.807) is 24.3 Å². The Hall–Kier alpha value is -2.40. The number of hydrogen-bond acceptors (Lipinski definition) is 7. The number of nitrogens with zero attached hydrogens (tertiary/aromatic N) is 2. The van der Waals surface area contributed by atoms with E-state index in [9.17, 15) is 18.5 Å². The van der Waals surface area contributed by atoms with Gasteiger partial charge in [0.1, 0.15) is 23.4 Å². The highest BCUT2D eigenvalue weighted by Gasteiger charge is 2.96. The lowest BCUT2D eigenvalue weighted by molar-refractivity contribution is -0.416. The number of methoxy groups -OCH3 is 1. The van der Waals surface area contributed by atoms with E-state index >= 15 is 0 Å². The summed E-state index contributed by atoms with van der Waals surface area (Å²) in [6.45, 7) is 2.17. The Bertz CT molecular complexity index is 1070. The number of nitriles is 1. The van der Waals surface area contributed by atoms with Crippen LogP contribution in [0.4, 0.5) is 0 Å². The Kier molecular flexibility index (Phi) is 3.25.